The van der Waals surface area contributed by atoms with Crippen molar-refractivity contribution in [1.29, 1.82) is 0 Å². The summed E-state index contributed by atoms with van der Waals surface area (Å²) in [5, 5.41) is 0.0195. The molecule has 0 radical (unpaired) electrons. The van der Waals surface area contributed by atoms with Crippen LogP contribution in [0.1, 0.15) is 57.2 Å². The highest BCUT2D eigenvalue weighted by Crippen LogP contribution is 2.36. The maximum absolute atomic E-state index is 14.2. The highest BCUT2D eigenvalue weighted by atomic mass is 35.5. The number of carbonyl (C=O) groups excluding carboxylic acids is 2. The maximum atomic E-state index is 14.2. The van der Waals surface area contributed by atoms with Gasteiger partial charge in [-0.1, -0.05) is 38.4 Å². The minimum Gasteiger partial charge on any atom is -0.449 e. The molecule has 1 aromatic carbocycles. The van der Waals surface area contributed by atoms with Gasteiger partial charge in [0, 0.05) is 36.8 Å². The van der Waals surface area contributed by atoms with Gasteiger partial charge in [-0.15, -0.1) is 0 Å². The number of hydrogen-bond donors (Lipinski definition) is 1. The SMILES string of the molecule is CC(C)(C)c1cc(-c2ccc(Cl)c(F)c2)nc2cc(C(=O)N3CCN(C(=O)[C@@H]4CCS(=O)(=O)N4)CC3(C)C)oc12. The largest absolute Gasteiger partial charge is 0.449 e. The first-order valence-corrected chi connectivity index (χ1v) is 15.1. The smallest absolute Gasteiger partial charge is 0.290 e. The monoisotopic (exact) mass is 590 g/mol. The van der Waals surface area contributed by atoms with Crippen molar-refractivity contribution in [2.45, 2.75) is 58.0 Å². The van der Waals surface area contributed by atoms with Crippen molar-refractivity contribution in [2.75, 3.05) is 25.4 Å². The molecule has 214 valence electrons. The summed E-state index contributed by atoms with van der Waals surface area (Å²) in [5.74, 6) is -1.13. The third-order valence-electron chi connectivity index (χ3n) is 7.47. The summed E-state index contributed by atoms with van der Waals surface area (Å²) < 4.78 is 46.3. The molecule has 0 aliphatic carbocycles. The molecule has 2 aliphatic heterocycles. The van der Waals surface area contributed by atoms with E-state index in [4.69, 9.17) is 16.0 Å². The number of sulfonamides is 1. The Morgan fingerprint density at radius 3 is 2.50 bits per heavy atom. The first-order valence-electron chi connectivity index (χ1n) is 13.1. The Bertz CT molecular complexity index is 1630. The third-order valence-corrected chi connectivity index (χ3v) is 9.19. The molecule has 2 aromatic heterocycles. The van der Waals surface area contributed by atoms with Gasteiger partial charge in [-0.05, 0) is 43.9 Å². The second-order valence-corrected chi connectivity index (χ2v) is 14.3. The van der Waals surface area contributed by atoms with Crippen LogP contribution in [-0.4, -0.2) is 72.0 Å². The summed E-state index contributed by atoms with van der Waals surface area (Å²) in [5.41, 5.74) is 1.74. The Labute approximate surface area is 237 Å². The summed E-state index contributed by atoms with van der Waals surface area (Å²) in [6, 6.07) is 7.17. The molecule has 0 saturated carbocycles. The van der Waals surface area contributed by atoms with Gasteiger partial charge in [0.1, 0.15) is 17.4 Å². The van der Waals surface area contributed by atoms with E-state index in [0.717, 1.165) is 5.56 Å². The topological polar surface area (TPSA) is 113 Å². The molecule has 5 rings (SSSR count). The van der Waals surface area contributed by atoms with Gasteiger partial charge in [0.2, 0.25) is 15.9 Å². The number of amides is 2. The number of aromatic nitrogens is 1. The van der Waals surface area contributed by atoms with Crippen molar-refractivity contribution in [3.63, 3.8) is 0 Å². The van der Waals surface area contributed by atoms with E-state index in [-0.39, 0.29) is 59.8 Å². The van der Waals surface area contributed by atoms with Crippen LogP contribution in [0.4, 0.5) is 4.39 Å². The van der Waals surface area contributed by atoms with Crippen molar-refractivity contribution < 1.29 is 26.8 Å². The lowest BCUT2D eigenvalue weighted by molar-refractivity contribution is -0.137. The van der Waals surface area contributed by atoms with E-state index >= 15 is 0 Å². The predicted octanol–water partition coefficient (Wildman–Crippen LogP) is 4.34. The highest BCUT2D eigenvalue weighted by Gasteiger charge is 2.43. The first-order chi connectivity index (χ1) is 18.6. The van der Waals surface area contributed by atoms with E-state index in [0.29, 0.717) is 22.4 Å². The van der Waals surface area contributed by atoms with Crippen LogP contribution in [-0.2, 0) is 20.2 Å². The molecule has 3 aromatic rings. The number of furan rings is 1. The lowest BCUT2D eigenvalue weighted by atomic mass is 9.86. The number of halogens is 2. The number of fused-ring (bicyclic) bond motifs is 1. The van der Waals surface area contributed by atoms with Crippen molar-refractivity contribution in [1.82, 2.24) is 19.5 Å². The Hall–Kier alpha value is -3.02. The molecule has 1 atom stereocenters. The zero-order chi connectivity index (χ0) is 29.2. The van der Waals surface area contributed by atoms with Crippen molar-refractivity contribution >= 4 is 44.5 Å². The van der Waals surface area contributed by atoms with Crippen LogP contribution in [0.15, 0.2) is 34.7 Å². The molecule has 12 heteroatoms. The summed E-state index contributed by atoms with van der Waals surface area (Å²) >= 11 is 5.87. The summed E-state index contributed by atoms with van der Waals surface area (Å²) in [6.45, 7) is 10.5. The van der Waals surface area contributed by atoms with Crippen LogP contribution in [0.3, 0.4) is 0 Å². The fourth-order valence-corrected chi connectivity index (χ4v) is 6.78. The lowest BCUT2D eigenvalue weighted by Crippen LogP contribution is -2.63. The fourth-order valence-electron chi connectivity index (χ4n) is 5.34. The van der Waals surface area contributed by atoms with Crippen LogP contribution < -0.4 is 4.72 Å². The molecular formula is C28H32ClFN4O5S. The number of rotatable bonds is 3. The van der Waals surface area contributed by atoms with Crippen molar-refractivity contribution in [2.24, 2.45) is 0 Å². The normalized spacial score (nSPS) is 20.7. The first kappa shape index (κ1) is 28.5. The van der Waals surface area contributed by atoms with Crippen LogP contribution >= 0.6 is 11.6 Å². The Kier molecular flexibility index (Phi) is 6.99. The average molecular weight is 591 g/mol. The molecule has 1 N–H and O–H groups in total. The van der Waals surface area contributed by atoms with Gasteiger partial charge in [0.15, 0.2) is 11.3 Å². The molecule has 40 heavy (non-hydrogen) atoms. The molecule has 4 heterocycles. The lowest BCUT2D eigenvalue weighted by Gasteiger charge is -2.47. The number of benzene rings is 1. The number of pyridine rings is 1. The van der Waals surface area contributed by atoms with Crippen molar-refractivity contribution in [3.8, 4) is 11.3 Å². The molecule has 2 saturated heterocycles. The Balaban J connectivity index is 1.44. The van der Waals surface area contributed by atoms with E-state index < -0.39 is 27.4 Å². The van der Waals surface area contributed by atoms with Crippen LogP contribution in [0, 0.1) is 5.82 Å². The number of carbonyl (C=O) groups is 2. The maximum Gasteiger partial charge on any atom is 0.290 e. The van der Waals surface area contributed by atoms with Crippen LogP contribution in [0.5, 0.6) is 0 Å². The van der Waals surface area contributed by atoms with Crippen LogP contribution in [0.25, 0.3) is 22.4 Å². The minimum atomic E-state index is -3.42. The summed E-state index contributed by atoms with van der Waals surface area (Å²) in [4.78, 5) is 34.7. The van der Waals surface area contributed by atoms with Gasteiger partial charge in [0.05, 0.1) is 22.0 Å². The molecule has 0 bridgehead atoms. The number of nitrogens with one attached hydrogen (secondary N) is 1. The second-order valence-electron chi connectivity index (χ2n) is 12.1. The van der Waals surface area contributed by atoms with Gasteiger partial charge < -0.3 is 14.2 Å². The fraction of sp³-hybridized carbons (Fsp3) is 0.464. The van der Waals surface area contributed by atoms with Crippen LogP contribution in [0.2, 0.25) is 5.02 Å². The predicted molar refractivity (Wildman–Crippen MR) is 150 cm³/mol. The number of piperazine rings is 1. The quantitative estimate of drug-likeness (QED) is 0.486. The van der Waals surface area contributed by atoms with E-state index in [9.17, 15) is 22.4 Å². The van der Waals surface area contributed by atoms with Gasteiger partial charge >= 0.3 is 0 Å². The van der Waals surface area contributed by atoms with Gasteiger partial charge in [0.25, 0.3) is 5.91 Å². The Morgan fingerprint density at radius 2 is 1.90 bits per heavy atom. The van der Waals surface area contributed by atoms with E-state index in [1.54, 1.807) is 21.9 Å². The minimum absolute atomic E-state index is 0.0195. The molecule has 0 unspecified atom stereocenters. The molecule has 2 aliphatic rings. The third kappa shape index (κ3) is 5.34. The zero-order valence-electron chi connectivity index (χ0n) is 23.0. The standard InChI is InChI=1S/C28H32ClFN4O5S/c1-27(2,3)17-13-21(16-6-7-18(29)19(30)12-16)31-22-14-23(39-24(17)22)26(36)34-10-9-33(15-28(34,4)5)25(35)20-8-11-40(37,38)32-20/h6-7,12-14,20,32H,8-11,15H2,1-5H3/t20-/m0/s1. The van der Waals surface area contributed by atoms with Gasteiger partial charge in [-0.2, -0.15) is 0 Å². The molecule has 9 nitrogen and oxygen atoms in total. The van der Waals surface area contributed by atoms with E-state index in [1.807, 2.05) is 40.7 Å². The van der Waals surface area contributed by atoms with Crippen molar-refractivity contribution in [3.05, 3.63) is 52.5 Å². The Morgan fingerprint density at radius 1 is 1.18 bits per heavy atom. The second kappa shape index (κ2) is 9.81. The molecular weight excluding hydrogens is 559 g/mol. The van der Waals surface area contributed by atoms with Gasteiger partial charge in [-0.3, -0.25) is 9.59 Å². The summed E-state index contributed by atoms with van der Waals surface area (Å²) in [7, 11) is -3.42. The van der Waals surface area contributed by atoms with E-state index in [1.165, 1.54) is 12.1 Å². The molecule has 2 amide bonds. The molecule has 2 fully saturated rings. The van der Waals surface area contributed by atoms with E-state index in [2.05, 4.69) is 9.71 Å². The number of hydrogen-bond acceptors (Lipinski definition) is 6. The zero-order valence-corrected chi connectivity index (χ0v) is 24.6. The number of nitrogens with zero attached hydrogens (tertiary/aromatic N) is 3. The molecule has 0 spiro atoms. The van der Waals surface area contributed by atoms with Gasteiger partial charge in [-0.25, -0.2) is 22.5 Å². The summed E-state index contributed by atoms with van der Waals surface area (Å²) in [6.07, 6.45) is 0.230. The highest BCUT2D eigenvalue weighted by molar-refractivity contribution is 7.89. The average Bonchev–Trinajstić information content (AvgIpc) is 3.45.